The van der Waals surface area contributed by atoms with Crippen molar-refractivity contribution in [3.05, 3.63) is 30.1 Å². The number of piperidine rings is 1. The second-order valence-electron chi connectivity index (χ2n) is 5.25. The van der Waals surface area contributed by atoms with Crippen molar-refractivity contribution in [1.82, 2.24) is 10.2 Å². The summed E-state index contributed by atoms with van der Waals surface area (Å²) in [4.78, 5) is 14.2. The molecule has 1 heterocycles. The molecule has 1 fully saturated rings. The molecule has 0 saturated carbocycles. The number of anilines is 1. The molecule has 1 aromatic carbocycles. The first-order valence-electron chi connectivity index (χ1n) is 7.20. The van der Waals surface area contributed by atoms with Crippen LogP contribution in [0.25, 0.3) is 0 Å². The number of hydrogen-bond acceptors (Lipinski definition) is 2. The Hall–Kier alpha value is -1.62. The van der Waals surface area contributed by atoms with Gasteiger partial charge in [0.2, 0.25) is 0 Å². The van der Waals surface area contributed by atoms with Gasteiger partial charge in [0.05, 0.1) is 0 Å². The van der Waals surface area contributed by atoms with Gasteiger partial charge in [0.1, 0.15) is 5.82 Å². The van der Waals surface area contributed by atoms with E-state index in [2.05, 4.69) is 22.5 Å². The van der Waals surface area contributed by atoms with E-state index in [9.17, 15) is 9.18 Å². The Morgan fingerprint density at radius 2 is 2.35 bits per heavy atom. The molecule has 1 saturated heterocycles. The van der Waals surface area contributed by atoms with Crippen molar-refractivity contribution >= 4 is 11.7 Å². The lowest BCUT2D eigenvalue weighted by Gasteiger charge is -2.31. The number of halogens is 1. The molecule has 110 valence electrons. The Labute approximate surface area is 119 Å². The molecular weight excluding hydrogens is 257 g/mol. The van der Waals surface area contributed by atoms with Crippen molar-refractivity contribution in [2.24, 2.45) is 5.92 Å². The standard InChI is InChI=1S/C15H22FN3O/c1-2-19-8-4-5-12(11-19)10-17-15(20)18-14-7-3-6-13(16)9-14/h3,6-7,9,12H,2,4-5,8,10-11H2,1H3,(H2,17,18,20)/t12-/m1/s1. The van der Waals surface area contributed by atoms with Gasteiger partial charge < -0.3 is 15.5 Å². The summed E-state index contributed by atoms with van der Waals surface area (Å²) in [7, 11) is 0. The van der Waals surface area contributed by atoms with Crippen LogP contribution in [0.5, 0.6) is 0 Å². The first-order valence-corrected chi connectivity index (χ1v) is 7.20. The minimum Gasteiger partial charge on any atom is -0.338 e. The smallest absolute Gasteiger partial charge is 0.319 e. The van der Waals surface area contributed by atoms with Crippen molar-refractivity contribution in [3.63, 3.8) is 0 Å². The highest BCUT2D eigenvalue weighted by molar-refractivity contribution is 5.89. The van der Waals surface area contributed by atoms with Crippen LogP contribution in [0.3, 0.4) is 0 Å². The van der Waals surface area contributed by atoms with Crippen molar-refractivity contribution in [3.8, 4) is 0 Å². The number of nitrogens with zero attached hydrogens (tertiary/aromatic N) is 1. The summed E-state index contributed by atoms with van der Waals surface area (Å²) < 4.78 is 13.0. The SMILES string of the molecule is CCN1CCC[C@H](CNC(=O)Nc2cccc(F)c2)C1. The van der Waals surface area contributed by atoms with Crippen LogP contribution in [-0.4, -0.2) is 37.1 Å². The molecule has 0 unspecified atom stereocenters. The van der Waals surface area contributed by atoms with Gasteiger partial charge in [0.25, 0.3) is 0 Å². The van der Waals surface area contributed by atoms with Gasteiger partial charge in [0.15, 0.2) is 0 Å². The highest BCUT2D eigenvalue weighted by atomic mass is 19.1. The molecule has 5 heteroatoms. The molecular formula is C15H22FN3O. The number of carbonyl (C=O) groups excluding carboxylic acids is 1. The number of urea groups is 1. The molecule has 0 aliphatic carbocycles. The van der Waals surface area contributed by atoms with Crippen LogP contribution in [0.4, 0.5) is 14.9 Å². The molecule has 1 aromatic rings. The van der Waals surface area contributed by atoms with E-state index in [-0.39, 0.29) is 11.8 Å². The molecule has 1 atom stereocenters. The van der Waals surface area contributed by atoms with Crippen molar-refractivity contribution in [2.45, 2.75) is 19.8 Å². The van der Waals surface area contributed by atoms with Gasteiger partial charge in [-0.2, -0.15) is 0 Å². The van der Waals surface area contributed by atoms with E-state index in [4.69, 9.17) is 0 Å². The second-order valence-corrected chi connectivity index (χ2v) is 5.25. The average Bonchev–Trinajstić information content (AvgIpc) is 2.45. The summed E-state index contributed by atoms with van der Waals surface area (Å²) in [6.07, 6.45) is 2.34. The summed E-state index contributed by atoms with van der Waals surface area (Å²) in [6, 6.07) is 5.63. The molecule has 2 amide bonds. The summed E-state index contributed by atoms with van der Waals surface area (Å²) in [5, 5.41) is 5.51. The molecule has 0 aromatic heterocycles. The predicted molar refractivity (Wildman–Crippen MR) is 78.3 cm³/mol. The quantitative estimate of drug-likeness (QED) is 0.890. The fourth-order valence-electron chi connectivity index (χ4n) is 2.58. The van der Waals surface area contributed by atoms with E-state index >= 15 is 0 Å². The molecule has 0 spiro atoms. The Kier molecular flexibility index (Phi) is 5.35. The minimum absolute atomic E-state index is 0.274. The monoisotopic (exact) mass is 279 g/mol. The molecule has 2 rings (SSSR count). The third kappa shape index (κ3) is 4.49. The number of nitrogens with one attached hydrogen (secondary N) is 2. The fourth-order valence-corrected chi connectivity index (χ4v) is 2.58. The summed E-state index contributed by atoms with van der Waals surface area (Å²) in [6.45, 7) is 6.08. The molecule has 0 bridgehead atoms. The maximum Gasteiger partial charge on any atom is 0.319 e. The topological polar surface area (TPSA) is 44.4 Å². The zero-order chi connectivity index (χ0) is 14.4. The lowest BCUT2D eigenvalue weighted by molar-refractivity contribution is 0.180. The maximum absolute atomic E-state index is 13.0. The molecule has 1 aliphatic heterocycles. The second kappa shape index (κ2) is 7.24. The predicted octanol–water partition coefficient (Wildman–Crippen LogP) is 2.68. The average molecular weight is 279 g/mol. The Morgan fingerprint density at radius 3 is 3.10 bits per heavy atom. The largest absolute Gasteiger partial charge is 0.338 e. The summed E-state index contributed by atoms with van der Waals surface area (Å²) >= 11 is 0. The lowest BCUT2D eigenvalue weighted by atomic mass is 9.98. The van der Waals surface area contributed by atoms with Crippen LogP contribution in [-0.2, 0) is 0 Å². The van der Waals surface area contributed by atoms with E-state index in [0.717, 1.165) is 26.1 Å². The van der Waals surface area contributed by atoms with Crippen molar-refractivity contribution in [2.75, 3.05) is 31.5 Å². The Morgan fingerprint density at radius 1 is 1.50 bits per heavy atom. The van der Waals surface area contributed by atoms with Crippen LogP contribution < -0.4 is 10.6 Å². The van der Waals surface area contributed by atoms with Gasteiger partial charge >= 0.3 is 6.03 Å². The number of rotatable bonds is 4. The molecule has 1 aliphatic rings. The van der Waals surface area contributed by atoms with E-state index < -0.39 is 0 Å². The molecule has 0 radical (unpaired) electrons. The first-order chi connectivity index (χ1) is 9.67. The highest BCUT2D eigenvalue weighted by Crippen LogP contribution is 2.15. The van der Waals surface area contributed by atoms with Gasteiger partial charge in [-0.05, 0) is 50.0 Å². The highest BCUT2D eigenvalue weighted by Gasteiger charge is 2.19. The van der Waals surface area contributed by atoms with Crippen molar-refractivity contribution < 1.29 is 9.18 Å². The third-order valence-electron chi connectivity index (χ3n) is 3.68. The normalized spacial score (nSPS) is 19.6. The minimum atomic E-state index is -0.353. The maximum atomic E-state index is 13.0. The van der Waals surface area contributed by atoms with Crippen LogP contribution in [0.2, 0.25) is 0 Å². The van der Waals surface area contributed by atoms with Crippen LogP contribution in [0.1, 0.15) is 19.8 Å². The first kappa shape index (κ1) is 14.8. The number of carbonyl (C=O) groups is 1. The van der Waals surface area contributed by atoms with E-state index in [0.29, 0.717) is 18.2 Å². The van der Waals surface area contributed by atoms with E-state index in [1.54, 1.807) is 12.1 Å². The van der Waals surface area contributed by atoms with Gasteiger partial charge in [-0.25, -0.2) is 9.18 Å². The third-order valence-corrected chi connectivity index (χ3v) is 3.68. The zero-order valence-electron chi connectivity index (χ0n) is 11.9. The van der Waals surface area contributed by atoms with Gasteiger partial charge in [-0.15, -0.1) is 0 Å². The number of likely N-dealkylation sites (tertiary alicyclic amines) is 1. The van der Waals surface area contributed by atoms with Gasteiger partial charge in [0, 0.05) is 18.8 Å². The Bertz CT molecular complexity index is 452. The molecule has 20 heavy (non-hydrogen) atoms. The summed E-state index contributed by atoms with van der Waals surface area (Å²) in [5.41, 5.74) is 0.473. The number of benzene rings is 1. The summed E-state index contributed by atoms with van der Waals surface area (Å²) in [5.74, 6) is 0.149. The van der Waals surface area contributed by atoms with Crippen LogP contribution in [0.15, 0.2) is 24.3 Å². The number of hydrogen-bond donors (Lipinski definition) is 2. The molecule has 4 nitrogen and oxygen atoms in total. The number of amides is 2. The van der Waals surface area contributed by atoms with Gasteiger partial charge in [-0.1, -0.05) is 13.0 Å². The lowest BCUT2D eigenvalue weighted by Crippen LogP contribution is -2.41. The van der Waals surface area contributed by atoms with Crippen LogP contribution in [0, 0.1) is 11.7 Å². The Balaban J connectivity index is 1.75. The van der Waals surface area contributed by atoms with Gasteiger partial charge in [-0.3, -0.25) is 0 Å². The molecule has 2 N–H and O–H groups in total. The zero-order valence-corrected chi connectivity index (χ0v) is 11.9. The van der Waals surface area contributed by atoms with E-state index in [1.807, 2.05) is 0 Å². The fraction of sp³-hybridized carbons (Fsp3) is 0.533. The van der Waals surface area contributed by atoms with E-state index in [1.165, 1.54) is 18.6 Å². The van der Waals surface area contributed by atoms with Crippen LogP contribution >= 0.6 is 0 Å². The van der Waals surface area contributed by atoms with Crippen molar-refractivity contribution in [1.29, 1.82) is 0 Å².